The molecule has 4 nitrogen and oxygen atoms in total. The Bertz CT molecular complexity index is 508. The Labute approximate surface area is 125 Å². The minimum atomic E-state index is -0.177. The number of benzene rings is 1. The summed E-state index contributed by atoms with van der Waals surface area (Å²) in [6.45, 7) is 2.19. The molecular formula is C15H21ClN2O2. The van der Waals surface area contributed by atoms with Crippen LogP contribution in [-0.4, -0.2) is 24.1 Å². The molecule has 2 unspecified atom stereocenters. The van der Waals surface area contributed by atoms with Crippen molar-refractivity contribution in [2.45, 2.75) is 43.7 Å². The van der Waals surface area contributed by atoms with Crippen molar-refractivity contribution in [1.29, 1.82) is 0 Å². The van der Waals surface area contributed by atoms with Crippen molar-refractivity contribution in [2.75, 3.05) is 6.54 Å². The van der Waals surface area contributed by atoms with Crippen molar-refractivity contribution in [3.63, 3.8) is 0 Å². The minimum absolute atomic E-state index is 0. The van der Waals surface area contributed by atoms with Gasteiger partial charge in [-0.15, -0.1) is 12.4 Å². The molecule has 3 atom stereocenters. The predicted octanol–water partition coefficient (Wildman–Crippen LogP) is 1.97. The molecule has 1 aliphatic carbocycles. The van der Waals surface area contributed by atoms with Crippen LogP contribution in [0.1, 0.15) is 37.7 Å². The highest BCUT2D eigenvalue weighted by Crippen LogP contribution is 2.48. The summed E-state index contributed by atoms with van der Waals surface area (Å²) in [4.78, 5) is 11.5. The number of halogens is 1. The van der Waals surface area contributed by atoms with Crippen molar-refractivity contribution in [2.24, 2.45) is 5.73 Å². The monoisotopic (exact) mass is 296 g/mol. The van der Waals surface area contributed by atoms with Crippen molar-refractivity contribution in [1.82, 2.24) is 5.32 Å². The van der Waals surface area contributed by atoms with Crippen LogP contribution in [0, 0.1) is 0 Å². The highest BCUT2D eigenvalue weighted by molar-refractivity contribution is 5.85. The van der Waals surface area contributed by atoms with E-state index in [9.17, 15) is 4.79 Å². The van der Waals surface area contributed by atoms with Gasteiger partial charge >= 0.3 is 0 Å². The number of ether oxygens (including phenoxy) is 1. The number of nitrogens with one attached hydrogen (secondary N) is 1. The average molecular weight is 297 g/mol. The van der Waals surface area contributed by atoms with Gasteiger partial charge in [0.25, 0.3) is 0 Å². The first kappa shape index (κ1) is 15.1. The molecule has 1 aromatic rings. The zero-order chi connectivity index (χ0) is 13.5. The van der Waals surface area contributed by atoms with Crippen LogP contribution in [0.2, 0.25) is 0 Å². The first-order valence-electron chi connectivity index (χ1n) is 6.87. The second-order valence-corrected chi connectivity index (χ2v) is 5.90. The summed E-state index contributed by atoms with van der Waals surface area (Å²) in [6, 6.07) is 8.39. The third-order valence-electron chi connectivity index (χ3n) is 4.19. The molecule has 5 heteroatoms. The lowest BCUT2D eigenvalue weighted by Crippen LogP contribution is -2.52. The van der Waals surface area contributed by atoms with E-state index in [-0.39, 0.29) is 36.5 Å². The first-order chi connectivity index (χ1) is 9.09. The van der Waals surface area contributed by atoms with Crippen LogP contribution in [0.15, 0.2) is 24.3 Å². The largest absolute Gasteiger partial charge is 0.487 e. The number of carbonyl (C=O) groups excluding carboxylic acids is 1. The molecule has 2 bridgehead atoms. The van der Waals surface area contributed by atoms with E-state index in [2.05, 4.69) is 18.3 Å². The van der Waals surface area contributed by atoms with Gasteiger partial charge in [-0.1, -0.05) is 18.2 Å². The summed E-state index contributed by atoms with van der Waals surface area (Å²) in [5.74, 6) is 1.39. The Hall–Kier alpha value is -1.26. The van der Waals surface area contributed by atoms with Crippen LogP contribution < -0.4 is 15.8 Å². The van der Waals surface area contributed by atoms with Crippen LogP contribution in [0.25, 0.3) is 0 Å². The fraction of sp³-hybridized carbons (Fsp3) is 0.533. The molecule has 0 radical (unpaired) electrons. The Balaban J connectivity index is 0.00000147. The molecule has 1 saturated carbocycles. The summed E-state index contributed by atoms with van der Waals surface area (Å²) in [5, 5.41) is 3.01. The van der Waals surface area contributed by atoms with Gasteiger partial charge in [-0.05, 0) is 37.3 Å². The maximum atomic E-state index is 11.5. The Kier molecular flexibility index (Phi) is 4.25. The third kappa shape index (κ3) is 2.76. The molecule has 0 spiro atoms. The zero-order valence-corrected chi connectivity index (χ0v) is 12.4. The van der Waals surface area contributed by atoms with Gasteiger partial charge in [0.05, 0.1) is 6.54 Å². The second-order valence-electron chi connectivity index (χ2n) is 5.90. The average Bonchev–Trinajstić information content (AvgIpc) is 2.37. The van der Waals surface area contributed by atoms with E-state index in [1.165, 1.54) is 5.56 Å². The molecule has 0 aromatic heterocycles. The predicted molar refractivity (Wildman–Crippen MR) is 80.3 cm³/mol. The summed E-state index contributed by atoms with van der Waals surface area (Å²) < 4.78 is 6.15. The molecule has 1 heterocycles. The number of hydrogen-bond acceptors (Lipinski definition) is 3. The summed E-state index contributed by atoms with van der Waals surface area (Å²) >= 11 is 0. The molecule has 0 saturated heterocycles. The molecule has 2 aliphatic rings. The highest BCUT2D eigenvalue weighted by atomic mass is 35.5. The Morgan fingerprint density at radius 1 is 1.45 bits per heavy atom. The van der Waals surface area contributed by atoms with E-state index in [1.807, 2.05) is 18.2 Å². The van der Waals surface area contributed by atoms with Gasteiger partial charge in [0.1, 0.15) is 11.4 Å². The number of hydrogen-bond donors (Lipinski definition) is 2. The van der Waals surface area contributed by atoms with Crippen molar-refractivity contribution >= 4 is 18.3 Å². The lowest BCUT2D eigenvalue weighted by molar-refractivity contribution is -0.121. The number of fused-ring (bicyclic) bond motifs is 4. The lowest BCUT2D eigenvalue weighted by atomic mass is 9.71. The van der Waals surface area contributed by atoms with Crippen LogP contribution in [0.5, 0.6) is 5.75 Å². The summed E-state index contributed by atoms with van der Waals surface area (Å²) in [7, 11) is 0. The normalized spacial score (nSPS) is 30.5. The zero-order valence-electron chi connectivity index (χ0n) is 11.6. The van der Waals surface area contributed by atoms with Gasteiger partial charge in [-0.2, -0.15) is 0 Å². The van der Waals surface area contributed by atoms with E-state index >= 15 is 0 Å². The summed E-state index contributed by atoms with van der Waals surface area (Å²) in [6.07, 6.45) is 2.85. The van der Waals surface area contributed by atoms with E-state index in [0.717, 1.165) is 25.0 Å². The van der Waals surface area contributed by atoms with Gasteiger partial charge in [-0.25, -0.2) is 0 Å². The second kappa shape index (κ2) is 5.62. The third-order valence-corrected chi connectivity index (χ3v) is 4.19. The van der Waals surface area contributed by atoms with E-state index in [1.54, 1.807) is 0 Å². The smallest absolute Gasteiger partial charge is 0.233 e. The van der Waals surface area contributed by atoms with Gasteiger partial charge in [0.15, 0.2) is 0 Å². The van der Waals surface area contributed by atoms with Crippen molar-refractivity contribution < 1.29 is 9.53 Å². The van der Waals surface area contributed by atoms with E-state index in [0.29, 0.717) is 5.92 Å². The number of carbonyl (C=O) groups is 1. The van der Waals surface area contributed by atoms with E-state index < -0.39 is 0 Å². The number of rotatable bonds is 2. The molecule has 3 rings (SSSR count). The van der Waals surface area contributed by atoms with Crippen LogP contribution >= 0.6 is 12.4 Å². The first-order valence-corrected chi connectivity index (χ1v) is 6.87. The van der Waals surface area contributed by atoms with Gasteiger partial charge in [0.2, 0.25) is 5.91 Å². The molecule has 1 fully saturated rings. The van der Waals surface area contributed by atoms with Crippen LogP contribution in [0.3, 0.4) is 0 Å². The molecule has 20 heavy (non-hydrogen) atoms. The quantitative estimate of drug-likeness (QED) is 0.877. The van der Waals surface area contributed by atoms with Crippen molar-refractivity contribution in [3.05, 3.63) is 29.8 Å². The van der Waals surface area contributed by atoms with Crippen LogP contribution in [-0.2, 0) is 4.79 Å². The van der Waals surface area contributed by atoms with Gasteiger partial charge in [0, 0.05) is 12.5 Å². The maximum Gasteiger partial charge on any atom is 0.233 e. The maximum absolute atomic E-state index is 11.5. The van der Waals surface area contributed by atoms with Crippen molar-refractivity contribution in [3.8, 4) is 5.75 Å². The molecule has 1 aliphatic heterocycles. The number of nitrogens with two attached hydrogens (primary N) is 1. The number of para-hydroxylation sites is 1. The molecular weight excluding hydrogens is 276 g/mol. The topological polar surface area (TPSA) is 64.4 Å². The Morgan fingerprint density at radius 2 is 2.20 bits per heavy atom. The molecule has 3 N–H and O–H groups in total. The van der Waals surface area contributed by atoms with Crippen LogP contribution in [0.4, 0.5) is 0 Å². The standard InChI is InChI=1S/C15H20N2O2.ClH/c1-15-7-10(6-11(8-15)17-14(18)9-16)12-4-2-3-5-13(12)19-15;/h2-5,10-11H,6-9,16H2,1H3,(H,17,18);1H/t10?,11-,15?;/m0./s1. The lowest BCUT2D eigenvalue weighted by Gasteiger charge is -2.47. The molecule has 110 valence electrons. The van der Waals surface area contributed by atoms with E-state index in [4.69, 9.17) is 10.5 Å². The fourth-order valence-corrected chi connectivity index (χ4v) is 3.53. The highest BCUT2D eigenvalue weighted by Gasteiger charge is 2.44. The molecule has 1 aromatic carbocycles. The van der Waals surface area contributed by atoms with Gasteiger partial charge < -0.3 is 15.8 Å². The minimum Gasteiger partial charge on any atom is -0.487 e. The SMILES string of the molecule is CC12CC(C[C@H](NC(=O)CN)C1)c1ccccc1O2.Cl. The number of amides is 1. The van der Waals surface area contributed by atoms with Gasteiger partial charge in [-0.3, -0.25) is 4.79 Å². The summed E-state index contributed by atoms with van der Waals surface area (Å²) in [5.41, 5.74) is 6.46. The Morgan fingerprint density at radius 3 is 2.95 bits per heavy atom. The fourth-order valence-electron chi connectivity index (χ4n) is 3.53. The molecule has 1 amide bonds.